The quantitative estimate of drug-likeness (QED) is 0.700. The summed E-state index contributed by atoms with van der Waals surface area (Å²) in [6.07, 6.45) is 4.40. The van der Waals surface area contributed by atoms with Crippen molar-refractivity contribution in [1.29, 1.82) is 0 Å². The van der Waals surface area contributed by atoms with Crippen LogP contribution in [0.15, 0.2) is 0 Å². The fourth-order valence-corrected chi connectivity index (χ4v) is 3.86. The second-order valence-electron chi connectivity index (χ2n) is 3.74. The highest BCUT2D eigenvalue weighted by molar-refractivity contribution is 8.05. The molecule has 0 aromatic heterocycles. The smallest absolute Gasteiger partial charge is 0.0226 e. The lowest BCUT2D eigenvalue weighted by molar-refractivity contribution is 0.801. The lowest BCUT2D eigenvalue weighted by Crippen LogP contribution is -2.16. The van der Waals surface area contributed by atoms with Crippen molar-refractivity contribution in [3.63, 3.8) is 0 Å². The lowest BCUT2D eigenvalue weighted by Gasteiger charge is -2.21. The van der Waals surface area contributed by atoms with Gasteiger partial charge in [0, 0.05) is 21.5 Å². The van der Waals surface area contributed by atoms with Crippen LogP contribution in [-0.4, -0.2) is 34.0 Å². The van der Waals surface area contributed by atoms with E-state index in [1.54, 1.807) is 0 Å². The summed E-state index contributed by atoms with van der Waals surface area (Å²) < 4.78 is 0.423. The molecule has 12 heavy (non-hydrogen) atoms. The molecule has 0 radical (unpaired) electrons. The first kappa shape index (κ1) is 13.1. The van der Waals surface area contributed by atoms with Crippen LogP contribution in [-0.2, 0) is 0 Å². The van der Waals surface area contributed by atoms with Crippen LogP contribution in [0.3, 0.4) is 0 Å². The van der Waals surface area contributed by atoms with Crippen LogP contribution < -0.4 is 0 Å². The number of rotatable bonds is 5. The molecular weight excluding hydrogens is 204 g/mol. The first-order valence-corrected chi connectivity index (χ1v) is 7.82. The molecule has 0 bridgehead atoms. The van der Waals surface area contributed by atoms with Crippen LogP contribution in [0.4, 0.5) is 0 Å². The molecule has 0 saturated carbocycles. The summed E-state index contributed by atoms with van der Waals surface area (Å²) in [6, 6.07) is 0. The molecule has 0 saturated heterocycles. The van der Waals surface area contributed by atoms with Crippen LogP contribution in [0, 0.1) is 0 Å². The standard InChI is InChI=1S/C9H20S3/c1-9(2,3)12-7-8(11-5)6-10-4/h8H,6-7H2,1-5H3/t8-/m0/s1. The third-order valence-corrected chi connectivity index (χ3v) is 4.98. The Labute approximate surface area is 90.0 Å². The van der Waals surface area contributed by atoms with Crippen molar-refractivity contribution in [3.8, 4) is 0 Å². The van der Waals surface area contributed by atoms with Crippen molar-refractivity contribution >= 4 is 35.3 Å². The maximum atomic E-state index is 2.29. The molecule has 1 atom stereocenters. The summed E-state index contributed by atoms with van der Waals surface area (Å²) >= 11 is 6.02. The zero-order valence-corrected chi connectivity index (χ0v) is 11.2. The molecule has 0 nitrogen and oxygen atoms in total. The van der Waals surface area contributed by atoms with Gasteiger partial charge in [0.05, 0.1) is 0 Å². The van der Waals surface area contributed by atoms with Gasteiger partial charge in [0.15, 0.2) is 0 Å². The predicted octanol–water partition coefficient (Wildman–Crippen LogP) is 3.61. The molecule has 74 valence electrons. The largest absolute Gasteiger partial charge is 0.164 e. The van der Waals surface area contributed by atoms with Gasteiger partial charge in [-0.3, -0.25) is 0 Å². The van der Waals surface area contributed by atoms with Crippen molar-refractivity contribution in [3.05, 3.63) is 0 Å². The van der Waals surface area contributed by atoms with Crippen LogP contribution in [0.2, 0.25) is 0 Å². The summed E-state index contributed by atoms with van der Waals surface area (Å²) in [5.74, 6) is 2.57. The Morgan fingerprint density at radius 1 is 1.08 bits per heavy atom. The third-order valence-electron chi connectivity index (χ3n) is 1.39. The summed E-state index contributed by atoms with van der Waals surface area (Å²) in [5, 5.41) is 0.823. The molecule has 0 amide bonds. The second-order valence-corrected chi connectivity index (χ2v) is 7.63. The van der Waals surface area contributed by atoms with E-state index in [1.165, 1.54) is 11.5 Å². The van der Waals surface area contributed by atoms with E-state index in [2.05, 4.69) is 45.0 Å². The Hall–Kier alpha value is 1.05. The summed E-state index contributed by atoms with van der Waals surface area (Å²) in [7, 11) is 0. The Kier molecular flexibility index (Phi) is 7.06. The number of hydrogen-bond donors (Lipinski definition) is 0. The fraction of sp³-hybridized carbons (Fsp3) is 1.00. The second kappa shape index (κ2) is 6.50. The SMILES string of the molecule is CSC[C@@H](CSC(C)(C)C)SC. The van der Waals surface area contributed by atoms with Crippen LogP contribution in [0.1, 0.15) is 20.8 Å². The predicted molar refractivity (Wildman–Crippen MR) is 67.9 cm³/mol. The van der Waals surface area contributed by atoms with Crippen LogP contribution in [0.25, 0.3) is 0 Å². The van der Waals surface area contributed by atoms with E-state index in [0.717, 1.165) is 5.25 Å². The van der Waals surface area contributed by atoms with E-state index < -0.39 is 0 Å². The Morgan fingerprint density at radius 3 is 2.00 bits per heavy atom. The Morgan fingerprint density at radius 2 is 1.67 bits per heavy atom. The maximum Gasteiger partial charge on any atom is 0.0226 e. The molecule has 0 heterocycles. The minimum absolute atomic E-state index is 0.423. The summed E-state index contributed by atoms with van der Waals surface area (Å²) in [6.45, 7) is 6.86. The zero-order valence-electron chi connectivity index (χ0n) is 8.72. The molecule has 0 rings (SSSR count). The van der Waals surface area contributed by atoms with Gasteiger partial charge in [-0.05, 0) is 12.5 Å². The third kappa shape index (κ3) is 7.69. The van der Waals surface area contributed by atoms with E-state index in [4.69, 9.17) is 0 Å². The normalized spacial score (nSPS) is 14.8. The number of hydrogen-bond acceptors (Lipinski definition) is 3. The topological polar surface area (TPSA) is 0 Å². The molecule has 0 aromatic carbocycles. The van der Waals surface area contributed by atoms with Gasteiger partial charge in [-0.25, -0.2) is 0 Å². The molecule has 0 unspecified atom stereocenters. The maximum absolute atomic E-state index is 2.29. The highest BCUT2D eigenvalue weighted by atomic mass is 32.2. The Balaban J connectivity index is 3.58. The van der Waals surface area contributed by atoms with Crippen molar-refractivity contribution in [2.24, 2.45) is 0 Å². The minimum atomic E-state index is 0.423. The van der Waals surface area contributed by atoms with Gasteiger partial charge in [-0.15, -0.1) is 0 Å². The molecule has 0 aliphatic carbocycles. The van der Waals surface area contributed by atoms with E-state index in [1.807, 2.05) is 23.5 Å². The van der Waals surface area contributed by atoms with Gasteiger partial charge in [0.2, 0.25) is 0 Å². The molecule has 0 fully saturated rings. The highest BCUT2D eigenvalue weighted by Gasteiger charge is 2.14. The minimum Gasteiger partial charge on any atom is -0.164 e. The summed E-state index contributed by atoms with van der Waals surface area (Å²) in [4.78, 5) is 0. The van der Waals surface area contributed by atoms with Gasteiger partial charge in [0.25, 0.3) is 0 Å². The van der Waals surface area contributed by atoms with Crippen molar-refractivity contribution < 1.29 is 0 Å². The average Bonchev–Trinajstić information content (AvgIpc) is 1.96. The van der Waals surface area contributed by atoms with Gasteiger partial charge in [-0.1, -0.05) is 20.8 Å². The van der Waals surface area contributed by atoms with Gasteiger partial charge >= 0.3 is 0 Å². The van der Waals surface area contributed by atoms with Crippen LogP contribution in [0.5, 0.6) is 0 Å². The molecule has 0 N–H and O–H groups in total. The van der Waals surface area contributed by atoms with Gasteiger partial charge in [0.1, 0.15) is 0 Å². The monoisotopic (exact) mass is 224 g/mol. The first-order chi connectivity index (χ1) is 5.49. The zero-order chi connectivity index (χ0) is 9.61. The highest BCUT2D eigenvalue weighted by Crippen LogP contribution is 2.27. The van der Waals surface area contributed by atoms with Crippen molar-refractivity contribution in [2.45, 2.75) is 30.8 Å². The van der Waals surface area contributed by atoms with Gasteiger partial charge < -0.3 is 0 Å². The fourth-order valence-electron chi connectivity index (χ4n) is 0.713. The molecule has 3 heteroatoms. The van der Waals surface area contributed by atoms with Crippen molar-refractivity contribution in [2.75, 3.05) is 24.0 Å². The number of thioether (sulfide) groups is 3. The van der Waals surface area contributed by atoms with E-state index in [0.29, 0.717) is 4.75 Å². The molecule has 0 aliphatic heterocycles. The van der Waals surface area contributed by atoms with E-state index in [-0.39, 0.29) is 0 Å². The lowest BCUT2D eigenvalue weighted by atomic mass is 10.3. The van der Waals surface area contributed by atoms with Gasteiger partial charge in [-0.2, -0.15) is 35.3 Å². The Bertz CT molecular complexity index is 107. The molecule has 0 spiro atoms. The van der Waals surface area contributed by atoms with Crippen molar-refractivity contribution in [1.82, 2.24) is 0 Å². The molecule has 0 aromatic rings. The average molecular weight is 224 g/mol. The molecule has 0 aliphatic rings. The molecular formula is C9H20S3. The summed E-state index contributed by atoms with van der Waals surface area (Å²) in [5.41, 5.74) is 0. The van der Waals surface area contributed by atoms with E-state index >= 15 is 0 Å². The first-order valence-electron chi connectivity index (χ1n) is 4.15. The van der Waals surface area contributed by atoms with Crippen LogP contribution >= 0.6 is 35.3 Å². The van der Waals surface area contributed by atoms with E-state index in [9.17, 15) is 0 Å².